The molecule has 0 fully saturated rings. The van der Waals surface area contributed by atoms with Gasteiger partial charge in [0.25, 0.3) is 0 Å². The van der Waals surface area contributed by atoms with Gasteiger partial charge in [0.15, 0.2) is 0 Å². The summed E-state index contributed by atoms with van der Waals surface area (Å²) in [4.78, 5) is 15.2. The van der Waals surface area contributed by atoms with Crippen molar-refractivity contribution in [3.8, 4) is 0 Å². The molecule has 0 bridgehead atoms. The van der Waals surface area contributed by atoms with Gasteiger partial charge in [-0.1, -0.05) is 6.07 Å². The number of pyridine rings is 1. The van der Waals surface area contributed by atoms with Gasteiger partial charge >= 0.3 is 0 Å². The van der Waals surface area contributed by atoms with Crippen LogP contribution in [0.4, 0.5) is 5.82 Å². The summed E-state index contributed by atoms with van der Waals surface area (Å²) in [7, 11) is 4.05. The van der Waals surface area contributed by atoms with Crippen LogP contribution in [0, 0.1) is 0 Å². The molecule has 3 heterocycles. The standard InChI is InChI=1S/C15H17N5/c1-19(9-6-12-5-3-4-8-16-12)14-13-7-10-20(2)15(13)18-11-17-14/h3-5,7-8,10-11H,6,9H2,1-2H3. The second kappa shape index (κ2) is 5.28. The van der Waals surface area contributed by atoms with Gasteiger partial charge in [-0.05, 0) is 18.2 Å². The fraction of sp³-hybridized carbons (Fsp3) is 0.267. The molecule has 0 unspecified atom stereocenters. The number of hydrogen-bond acceptors (Lipinski definition) is 4. The molecule has 0 radical (unpaired) electrons. The minimum absolute atomic E-state index is 0.873. The molecule has 20 heavy (non-hydrogen) atoms. The van der Waals surface area contributed by atoms with Gasteiger partial charge in [-0.25, -0.2) is 9.97 Å². The van der Waals surface area contributed by atoms with Crippen molar-refractivity contribution in [1.29, 1.82) is 0 Å². The predicted molar refractivity (Wildman–Crippen MR) is 79.7 cm³/mol. The van der Waals surface area contributed by atoms with E-state index in [9.17, 15) is 0 Å². The molecule has 0 aliphatic rings. The highest BCUT2D eigenvalue weighted by Crippen LogP contribution is 2.22. The van der Waals surface area contributed by atoms with Gasteiger partial charge in [-0.2, -0.15) is 0 Å². The summed E-state index contributed by atoms with van der Waals surface area (Å²) in [6.45, 7) is 0.873. The highest BCUT2D eigenvalue weighted by atomic mass is 15.2. The number of hydrogen-bond donors (Lipinski definition) is 0. The fourth-order valence-electron chi connectivity index (χ4n) is 2.30. The van der Waals surface area contributed by atoms with Crippen LogP contribution in [-0.2, 0) is 13.5 Å². The molecular formula is C15H17N5. The van der Waals surface area contributed by atoms with E-state index in [1.54, 1.807) is 6.33 Å². The SMILES string of the molecule is CN(CCc1ccccn1)c1ncnc2c1ccn2C. The first-order valence-electron chi connectivity index (χ1n) is 6.63. The lowest BCUT2D eigenvalue weighted by Gasteiger charge is -2.18. The third kappa shape index (κ3) is 2.34. The van der Waals surface area contributed by atoms with Crippen molar-refractivity contribution in [2.45, 2.75) is 6.42 Å². The van der Waals surface area contributed by atoms with E-state index in [1.807, 2.05) is 42.2 Å². The summed E-state index contributed by atoms with van der Waals surface area (Å²) in [6, 6.07) is 8.06. The van der Waals surface area contributed by atoms with Crippen LogP contribution < -0.4 is 4.90 Å². The van der Waals surface area contributed by atoms with Crippen molar-refractivity contribution in [2.24, 2.45) is 7.05 Å². The molecule has 0 aliphatic heterocycles. The van der Waals surface area contributed by atoms with Gasteiger partial charge in [-0.3, -0.25) is 4.98 Å². The molecule has 0 saturated heterocycles. The highest BCUT2D eigenvalue weighted by molar-refractivity contribution is 5.87. The minimum Gasteiger partial charge on any atom is -0.359 e. The van der Waals surface area contributed by atoms with Crippen molar-refractivity contribution in [2.75, 3.05) is 18.5 Å². The Kier molecular flexibility index (Phi) is 3.33. The molecule has 0 aliphatic carbocycles. The molecule has 5 heteroatoms. The van der Waals surface area contributed by atoms with E-state index in [-0.39, 0.29) is 0 Å². The lowest BCUT2D eigenvalue weighted by Crippen LogP contribution is -2.22. The number of fused-ring (bicyclic) bond motifs is 1. The Hall–Kier alpha value is -2.43. The van der Waals surface area contributed by atoms with E-state index in [0.29, 0.717) is 0 Å². The largest absolute Gasteiger partial charge is 0.359 e. The van der Waals surface area contributed by atoms with Gasteiger partial charge in [0.1, 0.15) is 17.8 Å². The summed E-state index contributed by atoms with van der Waals surface area (Å²) >= 11 is 0. The van der Waals surface area contributed by atoms with E-state index in [0.717, 1.165) is 35.5 Å². The smallest absolute Gasteiger partial charge is 0.145 e. The number of rotatable bonds is 4. The van der Waals surface area contributed by atoms with Crippen LogP contribution in [0.15, 0.2) is 43.0 Å². The zero-order valence-electron chi connectivity index (χ0n) is 11.7. The molecule has 0 saturated carbocycles. The number of likely N-dealkylation sites (N-methyl/N-ethyl adjacent to an activating group) is 1. The zero-order chi connectivity index (χ0) is 13.9. The molecular weight excluding hydrogens is 250 g/mol. The molecule has 102 valence electrons. The molecule has 0 atom stereocenters. The first-order chi connectivity index (χ1) is 9.75. The average Bonchev–Trinajstić information content (AvgIpc) is 2.87. The van der Waals surface area contributed by atoms with Crippen molar-refractivity contribution in [3.63, 3.8) is 0 Å². The molecule has 3 aromatic heterocycles. The predicted octanol–water partition coefficient (Wildman–Crippen LogP) is 2.04. The van der Waals surface area contributed by atoms with E-state index in [4.69, 9.17) is 0 Å². The minimum atomic E-state index is 0.873. The zero-order valence-corrected chi connectivity index (χ0v) is 11.7. The van der Waals surface area contributed by atoms with Gasteiger partial charge in [0.05, 0.1) is 5.39 Å². The van der Waals surface area contributed by atoms with Crippen LogP contribution >= 0.6 is 0 Å². The van der Waals surface area contributed by atoms with Crippen LogP contribution in [0.3, 0.4) is 0 Å². The topological polar surface area (TPSA) is 46.8 Å². The Bertz CT molecular complexity index is 705. The maximum atomic E-state index is 4.41. The lowest BCUT2D eigenvalue weighted by molar-refractivity contribution is 0.839. The third-order valence-corrected chi connectivity index (χ3v) is 3.43. The Balaban J connectivity index is 1.80. The van der Waals surface area contributed by atoms with Crippen LogP contribution in [0.25, 0.3) is 11.0 Å². The highest BCUT2D eigenvalue weighted by Gasteiger charge is 2.10. The summed E-state index contributed by atoms with van der Waals surface area (Å²) in [6.07, 6.45) is 6.36. The van der Waals surface area contributed by atoms with Gasteiger partial charge in [-0.15, -0.1) is 0 Å². The maximum absolute atomic E-state index is 4.41. The average molecular weight is 267 g/mol. The van der Waals surface area contributed by atoms with Crippen molar-refractivity contribution in [3.05, 3.63) is 48.7 Å². The summed E-state index contributed by atoms with van der Waals surface area (Å²) in [5.74, 6) is 0.964. The molecule has 3 aromatic rings. The first-order valence-corrected chi connectivity index (χ1v) is 6.63. The van der Waals surface area contributed by atoms with Gasteiger partial charge in [0.2, 0.25) is 0 Å². The summed E-state index contributed by atoms with van der Waals surface area (Å²) < 4.78 is 2.01. The third-order valence-electron chi connectivity index (χ3n) is 3.43. The van der Waals surface area contributed by atoms with Crippen LogP contribution in [0.5, 0.6) is 0 Å². The molecule has 0 amide bonds. The Labute approximate surface area is 117 Å². The molecule has 0 aromatic carbocycles. The van der Waals surface area contributed by atoms with Crippen molar-refractivity contribution < 1.29 is 0 Å². The Morgan fingerprint density at radius 3 is 2.85 bits per heavy atom. The lowest BCUT2D eigenvalue weighted by atomic mass is 10.2. The van der Waals surface area contributed by atoms with E-state index >= 15 is 0 Å². The van der Waals surface area contributed by atoms with E-state index in [1.165, 1.54) is 0 Å². The second-order valence-corrected chi connectivity index (χ2v) is 4.85. The fourth-order valence-corrected chi connectivity index (χ4v) is 2.30. The molecule has 0 spiro atoms. The first kappa shape index (κ1) is 12.6. The Morgan fingerprint density at radius 2 is 2.05 bits per heavy atom. The maximum Gasteiger partial charge on any atom is 0.145 e. The van der Waals surface area contributed by atoms with Gasteiger partial charge < -0.3 is 9.47 Å². The van der Waals surface area contributed by atoms with Crippen LogP contribution in [-0.4, -0.2) is 33.1 Å². The molecule has 3 rings (SSSR count). The normalized spacial score (nSPS) is 10.9. The van der Waals surface area contributed by atoms with E-state index in [2.05, 4.69) is 33.0 Å². The second-order valence-electron chi connectivity index (χ2n) is 4.85. The van der Waals surface area contributed by atoms with Crippen molar-refractivity contribution in [1.82, 2.24) is 19.5 Å². The number of aryl methyl sites for hydroxylation is 1. The number of nitrogens with zero attached hydrogens (tertiary/aromatic N) is 5. The Morgan fingerprint density at radius 1 is 1.15 bits per heavy atom. The van der Waals surface area contributed by atoms with Gasteiger partial charge in [0, 0.05) is 45.1 Å². The van der Waals surface area contributed by atoms with E-state index < -0.39 is 0 Å². The van der Waals surface area contributed by atoms with Crippen LogP contribution in [0.1, 0.15) is 5.69 Å². The molecule has 0 N–H and O–H groups in total. The van der Waals surface area contributed by atoms with Crippen molar-refractivity contribution >= 4 is 16.9 Å². The summed E-state index contributed by atoms with van der Waals surface area (Å²) in [5, 5.41) is 1.08. The number of anilines is 1. The molecule has 5 nitrogen and oxygen atoms in total. The quantitative estimate of drug-likeness (QED) is 0.726. The van der Waals surface area contributed by atoms with Crippen LogP contribution in [0.2, 0.25) is 0 Å². The monoisotopic (exact) mass is 267 g/mol. The number of aromatic nitrogens is 4. The summed E-state index contributed by atoms with van der Waals surface area (Å²) in [5.41, 5.74) is 2.05.